The van der Waals surface area contributed by atoms with Gasteiger partial charge in [-0.1, -0.05) is 11.6 Å². The second-order valence-corrected chi connectivity index (χ2v) is 7.95. The van der Waals surface area contributed by atoms with Gasteiger partial charge in [0.05, 0.1) is 18.9 Å². The van der Waals surface area contributed by atoms with Crippen molar-refractivity contribution in [3.8, 4) is 5.88 Å². The van der Waals surface area contributed by atoms with Crippen LogP contribution in [0.25, 0.3) is 0 Å². The molecule has 25 heavy (non-hydrogen) atoms. The van der Waals surface area contributed by atoms with E-state index >= 15 is 0 Å². The van der Waals surface area contributed by atoms with Crippen molar-refractivity contribution in [2.45, 2.75) is 57.8 Å². The lowest BCUT2D eigenvalue weighted by molar-refractivity contribution is -0.00130. The van der Waals surface area contributed by atoms with E-state index in [4.69, 9.17) is 9.47 Å². The number of fused-ring (bicyclic) bond motifs is 4. The number of carbonyl (C=O) groups is 1. The summed E-state index contributed by atoms with van der Waals surface area (Å²) in [5.74, 6) is 0.522. The first kappa shape index (κ1) is 17.7. The Morgan fingerprint density at radius 2 is 2.08 bits per heavy atom. The number of aliphatic hydroxyl groups is 1. The van der Waals surface area contributed by atoms with Crippen LogP contribution in [0.2, 0.25) is 0 Å². The van der Waals surface area contributed by atoms with Gasteiger partial charge < -0.3 is 19.9 Å². The molecule has 6 heteroatoms. The third kappa shape index (κ3) is 3.23. The van der Waals surface area contributed by atoms with Crippen molar-refractivity contribution in [2.75, 3.05) is 7.11 Å². The minimum Gasteiger partial charge on any atom is -0.481 e. The molecule has 0 saturated heterocycles. The predicted molar refractivity (Wildman–Crippen MR) is 93.4 cm³/mol. The Morgan fingerprint density at radius 1 is 1.36 bits per heavy atom. The van der Waals surface area contributed by atoms with Crippen molar-refractivity contribution in [3.63, 3.8) is 0 Å². The molecule has 1 aromatic rings. The van der Waals surface area contributed by atoms with Gasteiger partial charge in [0.2, 0.25) is 5.88 Å². The first-order chi connectivity index (χ1) is 11.6. The van der Waals surface area contributed by atoms with Crippen LogP contribution >= 0.6 is 0 Å². The molecule has 6 nitrogen and oxygen atoms in total. The number of allylic oxidation sites excluding steroid dienone is 1. The third-order valence-corrected chi connectivity index (χ3v) is 4.74. The molecule has 0 aromatic carbocycles. The van der Waals surface area contributed by atoms with Crippen LogP contribution in [0.15, 0.2) is 23.8 Å². The van der Waals surface area contributed by atoms with Crippen molar-refractivity contribution in [2.24, 2.45) is 5.92 Å². The van der Waals surface area contributed by atoms with Crippen LogP contribution in [-0.2, 0) is 16.7 Å². The van der Waals surface area contributed by atoms with Crippen LogP contribution in [0.5, 0.6) is 5.88 Å². The Labute approximate surface area is 148 Å². The van der Waals surface area contributed by atoms with Crippen LogP contribution in [-0.4, -0.2) is 35.0 Å². The molecule has 2 bridgehead atoms. The van der Waals surface area contributed by atoms with Gasteiger partial charge in [-0.05, 0) is 52.5 Å². The number of alkyl carbamates (subject to hydrolysis) is 1. The van der Waals surface area contributed by atoms with Gasteiger partial charge in [-0.3, -0.25) is 0 Å². The van der Waals surface area contributed by atoms with Gasteiger partial charge in [-0.15, -0.1) is 0 Å². The standard InChI is InChI=1S/C19H26N2O4/c1-11-8-12-9-14-13(6-7-15(20-14)24-5)19(10-11,16(12)22)21-17(23)25-18(2,3)4/h6-7,10,12,16,22H,8-9H2,1-5H3,(H,21,23)/t12-,16+,19-/m0/s1. The second kappa shape index (κ2) is 6.02. The fraction of sp³-hybridized carbons (Fsp3) is 0.579. The normalized spacial score (nSPS) is 27.8. The summed E-state index contributed by atoms with van der Waals surface area (Å²) >= 11 is 0. The molecule has 0 fully saturated rings. The van der Waals surface area contributed by atoms with Gasteiger partial charge in [0.25, 0.3) is 0 Å². The topological polar surface area (TPSA) is 80.7 Å². The van der Waals surface area contributed by atoms with E-state index in [-0.39, 0.29) is 5.92 Å². The van der Waals surface area contributed by atoms with Crippen LogP contribution in [0.1, 0.15) is 45.4 Å². The minimum absolute atomic E-state index is 0.00737. The Hall–Kier alpha value is -2.08. The highest BCUT2D eigenvalue weighted by Crippen LogP contribution is 2.46. The number of hydrogen-bond donors (Lipinski definition) is 2. The molecule has 1 amide bonds. The quantitative estimate of drug-likeness (QED) is 0.805. The smallest absolute Gasteiger partial charge is 0.408 e. The molecule has 1 aromatic heterocycles. The number of ether oxygens (including phenoxy) is 2. The lowest BCUT2D eigenvalue weighted by Gasteiger charge is -2.48. The molecule has 2 aliphatic carbocycles. The molecule has 0 spiro atoms. The van der Waals surface area contributed by atoms with Crippen molar-refractivity contribution in [1.82, 2.24) is 10.3 Å². The Morgan fingerprint density at radius 3 is 2.72 bits per heavy atom. The predicted octanol–water partition coefficient (Wildman–Crippen LogP) is 2.69. The molecule has 0 radical (unpaired) electrons. The van der Waals surface area contributed by atoms with E-state index in [9.17, 15) is 9.90 Å². The summed E-state index contributed by atoms with van der Waals surface area (Å²) < 4.78 is 10.7. The van der Waals surface area contributed by atoms with Gasteiger partial charge >= 0.3 is 6.09 Å². The molecule has 0 unspecified atom stereocenters. The zero-order valence-electron chi connectivity index (χ0n) is 15.4. The van der Waals surface area contributed by atoms with E-state index < -0.39 is 23.3 Å². The highest BCUT2D eigenvalue weighted by Gasteiger charge is 2.51. The van der Waals surface area contributed by atoms with Gasteiger partial charge in [0.15, 0.2) is 0 Å². The summed E-state index contributed by atoms with van der Waals surface area (Å²) in [5, 5.41) is 13.9. The molecule has 2 N–H and O–H groups in total. The van der Waals surface area contributed by atoms with E-state index in [1.807, 2.05) is 39.8 Å². The lowest BCUT2D eigenvalue weighted by atomic mass is 9.65. The lowest BCUT2D eigenvalue weighted by Crippen LogP contribution is -2.60. The molecule has 2 aliphatic rings. The largest absolute Gasteiger partial charge is 0.481 e. The summed E-state index contributed by atoms with van der Waals surface area (Å²) in [7, 11) is 1.58. The zero-order valence-corrected chi connectivity index (χ0v) is 15.4. The molecule has 3 atom stereocenters. The number of aromatic nitrogens is 1. The average molecular weight is 346 g/mol. The minimum atomic E-state index is -1.03. The second-order valence-electron chi connectivity index (χ2n) is 7.95. The summed E-state index contributed by atoms with van der Waals surface area (Å²) in [5.41, 5.74) is 1.13. The highest BCUT2D eigenvalue weighted by molar-refractivity contribution is 5.71. The van der Waals surface area contributed by atoms with E-state index in [0.717, 1.165) is 23.3 Å². The molecular formula is C19H26N2O4. The molecule has 136 valence electrons. The van der Waals surface area contributed by atoms with Crippen LogP contribution in [0.3, 0.4) is 0 Å². The first-order valence-corrected chi connectivity index (χ1v) is 8.56. The fourth-order valence-corrected chi connectivity index (χ4v) is 3.88. The maximum absolute atomic E-state index is 12.5. The Bertz CT molecular complexity index is 723. The van der Waals surface area contributed by atoms with Gasteiger partial charge in [-0.25, -0.2) is 9.78 Å². The summed E-state index contributed by atoms with van der Waals surface area (Å²) in [6, 6.07) is 3.62. The van der Waals surface area contributed by atoms with Crippen molar-refractivity contribution in [1.29, 1.82) is 0 Å². The summed E-state index contributed by atoms with van der Waals surface area (Å²) in [4.78, 5) is 17.0. The molecule has 1 heterocycles. The molecule has 3 rings (SSSR count). The molecule has 0 saturated carbocycles. The number of nitrogens with zero attached hydrogens (tertiary/aromatic N) is 1. The van der Waals surface area contributed by atoms with Gasteiger partial charge in [-0.2, -0.15) is 0 Å². The van der Waals surface area contributed by atoms with E-state index in [1.165, 1.54) is 0 Å². The monoisotopic (exact) mass is 346 g/mol. The zero-order chi connectivity index (χ0) is 18.4. The fourth-order valence-electron chi connectivity index (χ4n) is 3.88. The maximum Gasteiger partial charge on any atom is 0.408 e. The number of methoxy groups -OCH3 is 1. The number of hydrogen-bond acceptors (Lipinski definition) is 5. The van der Waals surface area contributed by atoms with Crippen molar-refractivity contribution >= 4 is 6.09 Å². The SMILES string of the molecule is COc1ccc2c(n1)C[C@@H]1CC(C)=C[C@@]2(NC(=O)OC(C)(C)C)[C@@H]1O. The number of aliphatic hydroxyl groups excluding tert-OH is 1. The van der Waals surface area contributed by atoms with E-state index in [1.54, 1.807) is 13.2 Å². The summed E-state index contributed by atoms with van der Waals surface area (Å²) in [6.07, 6.45) is 2.07. The van der Waals surface area contributed by atoms with E-state index in [0.29, 0.717) is 12.3 Å². The first-order valence-electron chi connectivity index (χ1n) is 8.56. The number of rotatable bonds is 2. The van der Waals surface area contributed by atoms with Crippen molar-refractivity contribution < 1.29 is 19.4 Å². The summed E-state index contributed by atoms with van der Waals surface area (Å²) in [6.45, 7) is 7.46. The molecule has 0 aliphatic heterocycles. The number of pyridine rings is 1. The third-order valence-electron chi connectivity index (χ3n) is 4.74. The van der Waals surface area contributed by atoms with Crippen molar-refractivity contribution in [3.05, 3.63) is 35.0 Å². The van der Waals surface area contributed by atoms with Gasteiger partial charge in [0.1, 0.15) is 11.1 Å². The maximum atomic E-state index is 12.5. The average Bonchev–Trinajstić information content (AvgIpc) is 2.48. The number of amides is 1. The van der Waals surface area contributed by atoms with Crippen LogP contribution in [0, 0.1) is 5.92 Å². The van der Waals surface area contributed by atoms with E-state index in [2.05, 4.69) is 10.3 Å². The molecular weight excluding hydrogens is 320 g/mol. The highest BCUT2D eigenvalue weighted by atomic mass is 16.6. The Balaban J connectivity index is 2.07. The Kier molecular flexibility index (Phi) is 4.27. The van der Waals surface area contributed by atoms with Crippen LogP contribution in [0.4, 0.5) is 4.79 Å². The number of carbonyl (C=O) groups excluding carboxylic acids is 1. The van der Waals surface area contributed by atoms with Gasteiger partial charge in [0, 0.05) is 11.6 Å². The number of nitrogens with one attached hydrogen (secondary N) is 1. The van der Waals surface area contributed by atoms with Crippen LogP contribution < -0.4 is 10.1 Å².